The standard InChI is InChI=1S/C36H18N8.4C12H8N2.2Ru/c1-5-21-29(37-13-1)31-23(7-3-15-39-31)35-33(21)41-25-11-9-19(17-27(25)43-35)20-10-12-26-28(18-20)44-36-24-8-4-16-40-32(24)30-22(34(36)42-26)6-2-14-38-30;4*1-3-9-5-6-10-4-2-8-14-12(10)11(9)13-7-1;;/h1-18H;4*1-8H;;. The Morgan fingerprint density at radius 2 is 0.324 bits per heavy atom. The molecule has 22 rings (SSSR count). The Hall–Kier alpha value is -12.9. The van der Waals surface area contributed by atoms with Crippen LogP contribution in [0.1, 0.15) is 0 Å². The van der Waals surface area contributed by atoms with Gasteiger partial charge in [-0.1, -0.05) is 109 Å². The van der Waals surface area contributed by atoms with Gasteiger partial charge in [0.1, 0.15) is 0 Å². The number of rotatable bonds is 1. The van der Waals surface area contributed by atoms with Crippen LogP contribution >= 0.6 is 0 Å². The molecule has 16 nitrogen and oxygen atoms in total. The Balaban J connectivity index is 0.000000113. The summed E-state index contributed by atoms with van der Waals surface area (Å²) < 4.78 is 0. The van der Waals surface area contributed by atoms with Crippen LogP contribution in [-0.2, 0) is 39.0 Å². The van der Waals surface area contributed by atoms with Crippen LogP contribution in [0.25, 0.3) is 186 Å². The van der Waals surface area contributed by atoms with Gasteiger partial charge in [-0.05, 0) is 132 Å². The minimum absolute atomic E-state index is 0. The monoisotopic (exact) mass is 1490 g/mol. The zero-order chi connectivity index (χ0) is 66.3. The van der Waals surface area contributed by atoms with Gasteiger partial charge in [0.05, 0.1) is 110 Å². The van der Waals surface area contributed by atoms with Gasteiger partial charge in [0.2, 0.25) is 0 Å². The van der Waals surface area contributed by atoms with Crippen molar-refractivity contribution in [3.63, 3.8) is 0 Å². The molecule has 14 heterocycles. The Morgan fingerprint density at radius 1 is 0.147 bits per heavy atom. The first-order chi connectivity index (χ1) is 49.6. The molecule has 0 N–H and O–H groups in total. The minimum Gasteiger partial charge on any atom is -0.254 e. The van der Waals surface area contributed by atoms with Gasteiger partial charge in [-0.2, -0.15) is 0 Å². The summed E-state index contributed by atoms with van der Waals surface area (Å²) in [7, 11) is 0. The summed E-state index contributed by atoms with van der Waals surface area (Å²) in [6, 6.07) is 76.8. The van der Waals surface area contributed by atoms with Gasteiger partial charge in [0, 0.05) is 178 Å². The number of hydrogen-bond acceptors (Lipinski definition) is 16. The molecule has 0 aliphatic rings. The molecule has 482 valence electrons. The molecule has 0 radical (unpaired) electrons. The fourth-order valence-electron chi connectivity index (χ4n) is 13.1. The molecule has 0 aliphatic carbocycles. The van der Waals surface area contributed by atoms with Crippen LogP contribution in [0.4, 0.5) is 0 Å². The molecule has 18 heteroatoms. The molecule has 0 amide bonds. The van der Waals surface area contributed by atoms with E-state index in [2.05, 4.69) is 181 Å². The van der Waals surface area contributed by atoms with Crippen molar-refractivity contribution in [1.29, 1.82) is 0 Å². The zero-order valence-corrected chi connectivity index (χ0v) is 57.2. The van der Waals surface area contributed by atoms with E-state index in [4.69, 9.17) is 19.9 Å². The van der Waals surface area contributed by atoms with Gasteiger partial charge in [0.15, 0.2) is 0 Å². The maximum absolute atomic E-state index is 5.14. The van der Waals surface area contributed by atoms with E-state index in [-0.39, 0.29) is 39.0 Å². The molecule has 0 bridgehead atoms. The van der Waals surface area contributed by atoms with Crippen molar-refractivity contribution in [2.45, 2.75) is 0 Å². The van der Waals surface area contributed by atoms with Gasteiger partial charge < -0.3 is 0 Å². The number of hydrogen-bond donors (Lipinski definition) is 0. The van der Waals surface area contributed by atoms with E-state index in [1.807, 2.05) is 109 Å². The second-order valence-corrected chi connectivity index (χ2v) is 23.7. The summed E-state index contributed by atoms with van der Waals surface area (Å²) in [5.74, 6) is 0. The number of fused-ring (bicyclic) bond motifs is 26. The third-order valence-corrected chi connectivity index (χ3v) is 17.7. The molecule has 0 saturated heterocycles. The molecular weight excluding hydrogens is 1440 g/mol. The van der Waals surface area contributed by atoms with Crippen LogP contribution in [-0.4, -0.2) is 79.7 Å². The SMILES string of the molecule is [Ru].[Ru].c1cnc2c(c1)c1nc3ccc(-c4ccc5nc6c7cccnc7c7ncccc7c6nc5c4)cc3nc1c1cccnc12.c1cnc2c(c1)ccc1cccnc12.c1cnc2c(c1)ccc1cccnc12.c1cnc2c(c1)ccc1cccnc12.c1cnc2c(c1)ccc1cccnc12. The van der Waals surface area contributed by atoms with Gasteiger partial charge in [-0.15, -0.1) is 0 Å². The minimum atomic E-state index is 0. The number of pyridine rings is 12. The van der Waals surface area contributed by atoms with Crippen molar-refractivity contribution >= 4 is 175 Å². The fourth-order valence-corrected chi connectivity index (χ4v) is 13.1. The molecule has 22 aromatic rings. The third kappa shape index (κ3) is 11.9. The molecule has 0 aliphatic heterocycles. The molecule has 0 spiro atoms. The van der Waals surface area contributed by atoms with Crippen LogP contribution in [0.3, 0.4) is 0 Å². The summed E-state index contributed by atoms with van der Waals surface area (Å²) in [5.41, 5.74) is 19.7. The summed E-state index contributed by atoms with van der Waals surface area (Å²) in [6.45, 7) is 0. The third-order valence-electron chi connectivity index (χ3n) is 17.7. The Labute approximate surface area is 605 Å². The molecule has 8 aromatic carbocycles. The number of aromatic nitrogens is 16. The van der Waals surface area contributed by atoms with Crippen LogP contribution < -0.4 is 0 Å². The largest absolute Gasteiger partial charge is 0.254 e. The normalized spacial score (nSPS) is 11.2. The van der Waals surface area contributed by atoms with Crippen LogP contribution in [0.15, 0.2) is 305 Å². The maximum Gasteiger partial charge on any atom is 0.0996 e. The molecule has 0 unspecified atom stereocenters. The van der Waals surface area contributed by atoms with E-state index in [0.717, 1.165) is 186 Å². The first-order valence-electron chi connectivity index (χ1n) is 32.4. The fraction of sp³-hybridized carbons (Fsp3) is 0. The van der Waals surface area contributed by atoms with Gasteiger partial charge >= 0.3 is 0 Å². The summed E-state index contributed by atoms with van der Waals surface area (Å²) in [4.78, 5) is 73.7. The van der Waals surface area contributed by atoms with Crippen molar-refractivity contribution < 1.29 is 39.0 Å². The Kier molecular flexibility index (Phi) is 17.4. The van der Waals surface area contributed by atoms with Gasteiger partial charge in [0.25, 0.3) is 0 Å². The van der Waals surface area contributed by atoms with E-state index in [9.17, 15) is 0 Å². The van der Waals surface area contributed by atoms with Crippen LogP contribution in [0.5, 0.6) is 0 Å². The summed E-state index contributed by atoms with van der Waals surface area (Å²) in [6.07, 6.45) is 21.6. The van der Waals surface area contributed by atoms with E-state index >= 15 is 0 Å². The molecule has 0 fully saturated rings. The molecule has 102 heavy (non-hydrogen) atoms. The van der Waals surface area contributed by atoms with E-state index in [1.54, 1.807) is 74.4 Å². The second-order valence-electron chi connectivity index (χ2n) is 23.7. The van der Waals surface area contributed by atoms with Crippen molar-refractivity contribution in [3.8, 4) is 11.1 Å². The zero-order valence-electron chi connectivity index (χ0n) is 53.7. The van der Waals surface area contributed by atoms with Crippen molar-refractivity contribution in [2.24, 2.45) is 0 Å². The molecule has 0 atom stereocenters. The molecule has 14 aromatic heterocycles. The second kappa shape index (κ2) is 27.8. The van der Waals surface area contributed by atoms with Gasteiger partial charge in [-0.25, -0.2) is 19.9 Å². The van der Waals surface area contributed by atoms with E-state index < -0.39 is 0 Å². The van der Waals surface area contributed by atoms with E-state index in [1.165, 1.54) is 0 Å². The maximum atomic E-state index is 5.14. The Morgan fingerprint density at radius 3 is 0.529 bits per heavy atom. The van der Waals surface area contributed by atoms with Crippen LogP contribution in [0, 0.1) is 0 Å². The summed E-state index contributed by atoms with van der Waals surface area (Å²) in [5, 5.41) is 12.9. The smallest absolute Gasteiger partial charge is 0.0996 e. The first-order valence-corrected chi connectivity index (χ1v) is 32.4. The average molecular weight is 1490 g/mol. The number of nitrogens with zero attached hydrogens (tertiary/aromatic N) is 16. The van der Waals surface area contributed by atoms with E-state index in [0.29, 0.717) is 0 Å². The Bertz CT molecular complexity index is 6130. The quantitative estimate of drug-likeness (QED) is 0.0851. The first kappa shape index (κ1) is 63.8. The molecule has 0 saturated carbocycles. The van der Waals surface area contributed by atoms with Crippen molar-refractivity contribution in [1.82, 2.24) is 79.7 Å². The van der Waals surface area contributed by atoms with Crippen molar-refractivity contribution in [3.05, 3.63) is 305 Å². The predicted octanol–water partition coefficient (Wildman–Crippen LogP) is 18.9. The predicted molar refractivity (Wildman–Crippen MR) is 402 cm³/mol. The molecular formula is C84H50N16Ru2. The van der Waals surface area contributed by atoms with Gasteiger partial charge in [-0.3, -0.25) is 59.8 Å². The average Bonchev–Trinajstić information content (AvgIpc) is 0.738. The number of benzene rings is 8. The van der Waals surface area contributed by atoms with Crippen molar-refractivity contribution in [2.75, 3.05) is 0 Å². The topological polar surface area (TPSA) is 206 Å². The summed E-state index contributed by atoms with van der Waals surface area (Å²) >= 11 is 0. The van der Waals surface area contributed by atoms with Crippen LogP contribution in [0.2, 0.25) is 0 Å².